The van der Waals surface area contributed by atoms with E-state index in [-0.39, 0.29) is 52.7 Å². The van der Waals surface area contributed by atoms with Crippen LogP contribution >= 0.6 is 0 Å². The second-order valence-corrected chi connectivity index (χ2v) is 10.6. The second kappa shape index (κ2) is 10.8. The van der Waals surface area contributed by atoms with E-state index in [0.717, 1.165) is 12.1 Å². The van der Waals surface area contributed by atoms with E-state index in [0.29, 0.717) is 29.2 Å². The van der Waals surface area contributed by atoms with Crippen LogP contribution in [-0.4, -0.2) is 23.5 Å². The van der Waals surface area contributed by atoms with Crippen molar-refractivity contribution in [3.63, 3.8) is 0 Å². The van der Waals surface area contributed by atoms with Crippen molar-refractivity contribution in [1.82, 2.24) is 0 Å². The molecule has 1 saturated carbocycles. The van der Waals surface area contributed by atoms with Gasteiger partial charge in [0.15, 0.2) is 0 Å². The quantitative estimate of drug-likeness (QED) is 0.330. The third kappa shape index (κ3) is 5.59. The van der Waals surface area contributed by atoms with Crippen LogP contribution in [-0.2, 0) is 15.8 Å². The minimum Gasteiger partial charge on any atom is -0.457 e. The summed E-state index contributed by atoms with van der Waals surface area (Å²) in [5.74, 6) is -1.27. The molecule has 1 aliphatic heterocycles. The third-order valence-electron chi connectivity index (χ3n) is 7.58. The van der Waals surface area contributed by atoms with Gasteiger partial charge in [0.05, 0.1) is 22.4 Å². The maximum atomic E-state index is 13.5. The summed E-state index contributed by atoms with van der Waals surface area (Å²) >= 11 is 0. The first-order valence-corrected chi connectivity index (χ1v) is 13.2. The van der Waals surface area contributed by atoms with Gasteiger partial charge in [0, 0.05) is 24.4 Å². The van der Waals surface area contributed by atoms with E-state index in [2.05, 4.69) is 5.32 Å². The first kappa shape index (κ1) is 28.1. The molecule has 41 heavy (non-hydrogen) atoms. The number of Topliss-reactive ketones (excluding diaryl/α,β-unsaturated/α-hetero) is 1. The highest BCUT2D eigenvalue weighted by atomic mass is 19.4. The van der Waals surface area contributed by atoms with Crippen molar-refractivity contribution in [2.45, 2.75) is 39.3 Å². The Bertz CT molecular complexity index is 1530. The van der Waals surface area contributed by atoms with Crippen LogP contribution in [0.15, 0.2) is 66.7 Å². The Kier molecular flexibility index (Phi) is 7.42. The second-order valence-electron chi connectivity index (χ2n) is 10.6. The van der Waals surface area contributed by atoms with E-state index < -0.39 is 29.2 Å². The highest BCUT2D eigenvalue weighted by molar-refractivity contribution is 6.34. The standard InChI is InChI=1S/C31H27F3N2O5/c1-17(2)22-13-9-19(37)15-24(22)28(38)35-18-7-10-20(11-8-18)41-21-12-14-23-25(16-21)30(40)36(29(23)39)27-6-4-3-5-26(27)31(32,33)34/h3-8,10-12,14,16-17,22,24H,9,13,15H2,1-2H3,(H,35,38)/t22-,24+/m0/s1. The summed E-state index contributed by atoms with van der Waals surface area (Å²) in [5.41, 5.74) is -1.21. The molecule has 1 aliphatic carbocycles. The number of anilines is 2. The summed E-state index contributed by atoms with van der Waals surface area (Å²) in [7, 11) is 0. The number of benzene rings is 3. The van der Waals surface area contributed by atoms with Gasteiger partial charge in [-0.15, -0.1) is 0 Å². The predicted octanol–water partition coefficient (Wildman–Crippen LogP) is 6.88. The average Bonchev–Trinajstić information content (AvgIpc) is 3.17. The lowest BCUT2D eigenvalue weighted by molar-refractivity contribution is -0.137. The summed E-state index contributed by atoms with van der Waals surface area (Å²) in [5, 5.41) is 2.87. The van der Waals surface area contributed by atoms with E-state index in [4.69, 9.17) is 4.74 Å². The zero-order valence-electron chi connectivity index (χ0n) is 22.3. The number of hydrogen-bond acceptors (Lipinski definition) is 5. The molecule has 0 unspecified atom stereocenters. The highest BCUT2D eigenvalue weighted by Crippen LogP contribution is 2.40. The molecular formula is C31H27F3N2O5. The molecule has 0 aromatic heterocycles. The van der Waals surface area contributed by atoms with E-state index in [1.165, 1.54) is 30.3 Å². The van der Waals surface area contributed by atoms with Crippen LogP contribution in [0.2, 0.25) is 0 Å². The van der Waals surface area contributed by atoms with Gasteiger partial charge in [-0.25, -0.2) is 4.90 Å². The number of carbonyl (C=O) groups is 4. The summed E-state index contributed by atoms with van der Waals surface area (Å²) in [6.07, 6.45) is -3.33. The number of hydrogen-bond donors (Lipinski definition) is 1. The van der Waals surface area contributed by atoms with Crippen molar-refractivity contribution in [1.29, 1.82) is 0 Å². The zero-order chi connectivity index (χ0) is 29.5. The lowest BCUT2D eigenvalue weighted by Crippen LogP contribution is -2.37. The molecule has 1 N–H and O–H groups in total. The fourth-order valence-electron chi connectivity index (χ4n) is 5.50. The molecule has 3 amide bonds. The zero-order valence-corrected chi connectivity index (χ0v) is 22.3. The van der Waals surface area contributed by atoms with Crippen LogP contribution in [0, 0.1) is 17.8 Å². The number of halogens is 3. The Morgan fingerprint density at radius 2 is 1.59 bits per heavy atom. The number of rotatable bonds is 6. The van der Waals surface area contributed by atoms with E-state index in [1.807, 2.05) is 13.8 Å². The van der Waals surface area contributed by atoms with Gasteiger partial charge in [0.2, 0.25) is 5.91 Å². The van der Waals surface area contributed by atoms with Crippen LogP contribution in [0.4, 0.5) is 24.5 Å². The molecule has 0 spiro atoms. The van der Waals surface area contributed by atoms with Crippen molar-refractivity contribution in [3.05, 3.63) is 83.4 Å². The topological polar surface area (TPSA) is 92.8 Å². The normalized spacial score (nSPS) is 19.0. The van der Waals surface area contributed by atoms with Gasteiger partial charge < -0.3 is 10.1 Å². The molecule has 2 aliphatic rings. The fraction of sp³-hybridized carbons (Fsp3) is 0.290. The first-order valence-electron chi connectivity index (χ1n) is 13.2. The number of carbonyl (C=O) groups excluding carboxylic acids is 4. The van der Waals surface area contributed by atoms with Gasteiger partial charge in [-0.2, -0.15) is 13.2 Å². The number of imide groups is 1. The van der Waals surface area contributed by atoms with Crippen LogP contribution in [0.5, 0.6) is 11.5 Å². The van der Waals surface area contributed by atoms with Gasteiger partial charge in [-0.3, -0.25) is 19.2 Å². The van der Waals surface area contributed by atoms with Crippen LogP contribution in [0.25, 0.3) is 0 Å². The average molecular weight is 565 g/mol. The molecule has 0 radical (unpaired) electrons. The van der Waals surface area contributed by atoms with E-state index in [9.17, 15) is 32.3 Å². The molecular weight excluding hydrogens is 537 g/mol. The van der Waals surface area contributed by atoms with Crippen molar-refractivity contribution in [2.24, 2.45) is 17.8 Å². The maximum Gasteiger partial charge on any atom is 0.418 e. The minimum absolute atomic E-state index is 0.0294. The van der Waals surface area contributed by atoms with Gasteiger partial charge in [-0.1, -0.05) is 26.0 Å². The summed E-state index contributed by atoms with van der Waals surface area (Å²) in [4.78, 5) is 51.5. The Balaban J connectivity index is 1.30. The molecule has 1 heterocycles. The van der Waals surface area contributed by atoms with Crippen LogP contribution < -0.4 is 15.0 Å². The Morgan fingerprint density at radius 3 is 2.27 bits per heavy atom. The molecule has 2 atom stereocenters. The number of nitrogens with zero attached hydrogens (tertiary/aromatic N) is 1. The number of alkyl halides is 3. The largest absolute Gasteiger partial charge is 0.457 e. The number of nitrogens with one attached hydrogen (secondary N) is 1. The molecule has 0 bridgehead atoms. The lowest BCUT2D eigenvalue weighted by Gasteiger charge is -2.32. The fourth-order valence-corrected chi connectivity index (χ4v) is 5.50. The molecule has 3 aromatic carbocycles. The molecule has 7 nitrogen and oxygen atoms in total. The van der Waals surface area contributed by atoms with Crippen molar-refractivity contribution >= 4 is 34.9 Å². The molecule has 5 rings (SSSR count). The molecule has 3 aromatic rings. The smallest absolute Gasteiger partial charge is 0.418 e. The molecule has 1 fully saturated rings. The third-order valence-corrected chi connectivity index (χ3v) is 7.58. The number of ketones is 1. The van der Waals surface area contributed by atoms with E-state index >= 15 is 0 Å². The van der Waals surface area contributed by atoms with Gasteiger partial charge in [0.1, 0.15) is 17.3 Å². The minimum atomic E-state index is -4.75. The maximum absolute atomic E-state index is 13.5. The number of ether oxygens (including phenoxy) is 1. The molecule has 212 valence electrons. The number of para-hydroxylation sites is 1. The van der Waals surface area contributed by atoms with Crippen molar-refractivity contribution in [2.75, 3.05) is 10.2 Å². The van der Waals surface area contributed by atoms with Crippen molar-refractivity contribution in [3.8, 4) is 11.5 Å². The highest BCUT2D eigenvalue weighted by Gasteiger charge is 2.42. The van der Waals surface area contributed by atoms with Gasteiger partial charge in [0.25, 0.3) is 11.8 Å². The Morgan fingerprint density at radius 1 is 0.927 bits per heavy atom. The summed E-state index contributed by atoms with van der Waals surface area (Å²) in [6.45, 7) is 4.10. The predicted molar refractivity (Wildman–Crippen MR) is 145 cm³/mol. The number of amides is 3. The summed E-state index contributed by atoms with van der Waals surface area (Å²) < 4.78 is 46.5. The SMILES string of the molecule is CC(C)[C@@H]1CCC(=O)C[C@H]1C(=O)Nc1ccc(Oc2ccc3c(c2)C(=O)N(c2ccccc2C(F)(F)F)C3=O)cc1. The molecule has 10 heteroatoms. The van der Waals surface area contributed by atoms with Gasteiger partial charge >= 0.3 is 6.18 Å². The monoisotopic (exact) mass is 564 g/mol. The Hall–Kier alpha value is -4.47. The summed E-state index contributed by atoms with van der Waals surface area (Å²) in [6, 6.07) is 15.0. The first-order chi connectivity index (χ1) is 19.4. The van der Waals surface area contributed by atoms with Crippen LogP contribution in [0.3, 0.4) is 0 Å². The van der Waals surface area contributed by atoms with Crippen LogP contribution in [0.1, 0.15) is 59.4 Å². The van der Waals surface area contributed by atoms with E-state index in [1.54, 1.807) is 24.3 Å². The Labute approximate surface area is 234 Å². The van der Waals surface area contributed by atoms with Gasteiger partial charge in [-0.05, 0) is 72.9 Å². The molecule has 0 saturated heterocycles. The lowest BCUT2D eigenvalue weighted by atomic mass is 9.72. The number of fused-ring (bicyclic) bond motifs is 1. The van der Waals surface area contributed by atoms with Crippen molar-refractivity contribution < 1.29 is 37.1 Å².